The summed E-state index contributed by atoms with van der Waals surface area (Å²) >= 11 is 0. The number of nitrogens with one attached hydrogen (secondary N) is 1. The van der Waals surface area contributed by atoms with Gasteiger partial charge in [-0.15, -0.1) is 0 Å². The molecule has 2 aromatic rings. The molecule has 2 rings (SSSR count). The highest BCUT2D eigenvalue weighted by atomic mass is 15.3. The molecular weight excluding hydrogens is 224 g/mol. The first-order valence-corrected chi connectivity index (χ1v) is 6.29. The van der Waals surface area contributed by atoms with E-state index in [1.807, 2.05) is 31.6 Å². The van der Waals surface area contributed by atoms with Gasteiger partial charge in [-0.3, -0.25) is 9.67 Å². The van der Waals surface area contributed by atoms with E-state index in [1.165, 1.54) is 5.56 Å². The molecule has 4 nitrogen and oxygen atoms in total. The summed E-state index contributed by atoms with van der Waals surface area (Å²) in [7, 11) is 1.96. The lowest BCUT2D eigenvalue weighted by molar-refractivity contribution is 0.746. The highest BCUT2D eigenvalue weighted by Gasteiger charge is 2.06. The molecule has 0 atom stereocenters. The first-order valence-electron chi connectivity index (χ1n) is 6.29. The lowest BCUT2D eigenvalue weighted by Gasteiger charge is -2.09. The molecular formula is C14H20N4. The van der Waals surface area contributed by atoms with Crippen LogP contribution in [-0.4, -0.2) is 14.8 Å². The normalized spacial score (nSPS) is 10.7. The molecule has 2 aromatic heterocycles. The van der Waals surface area contributed by atoms with Crippen molar-refractivity contribution in [3.8, 4) is 0 Å². The average molecular weight is 244 g/mol. The van der Waals surface area contributed by atoms with Crippen molar-refractivity contribution in [1.29, 1.82) is 0 Å². The van der Waals surface area contributed by atoms with Crippen molar-refractivity contribution in [2.75, 3.05) is 5.32 Å². The van der Waals surface area contributed by atoms with Gasteiger partial charge >= 0.3 is 0 Å². The summed E-state index contributed by atoms with van der Waals surface area (Å²) in [5.41, 5.74) is 5.58. The lowest BCUT2D eigenvalue weighted by atomic mass is 10.2. The molecule has 0 saturated heterocycles. The molecule has 0 spiro atoms. The Morgan fingerprint density at radius 3 is 2.72 bits per heavy atom. The molecule has 0 aliphatic heterocycles. The Labute approximate surface area is 108 Å². The van der Waals surface area contributed by atoms with Gasteiger partial charge in [0.15, 0.2) is 0 Å². The zero-order valence-corrected chi connectivity index (χ0v) is 11.5. The second kappa shape index (κ2) is 5.21. The fourth-order valence-corrected chi connectivity index (χ4v) is 2.09. The number of rotatable bonds is 4. The zero-order valence-electron chi connectivity index (χ0n) is 11.5. The molecule has 0 saturated carbocycles. The first-order chi connectivity index (χ1) is 8.60. The molecule has 1 N–H and O–H groups in total. The average Bonchev–Trinajstić information content (AvgIpc) is 2.68. The fourth-order valence-electron chi connectivity index (χ4n) is 2.09. The zero-order chi connectivity index (χ0) is 13.1. The van der Waals surface area contributed by atoms with Crippen molar-refractivity contribution >= 4 is 5.69 Å². The van der Waals surface area contributed by atoms with E-state index in [4.69, 9.17) is 0 Å². The number of hydrogen-bond acceptors (Lipinski definition) is 3. The van der Waals surface area contributed by atoms with Crippen molar-refractivity contribution in [3.63, 3.8) is 0 Å². The summed E-state index contributed by atoms with van der Waals surface area (Å²) < 4.78 is 1.87. The van der Waals surface area contributed by atoms with Gasteiger partial charge in [0.1, 0.15) is 0 Å². The van der Waals surface area contributed by atoms with Crippen molar-refractivity contribution in [2.24, 2.45) is 7.05 Å². The van der Waals surface area contributed by atoms with Gasteiger partial charge in [0.25, 0.3) is 0 Å². The van der Waals surface area contributed by atoms with E-state index >= 15 is 0 Å². The minimum atomic E-state index is 0.794. The number of aryl methyl sites for hydroxylation is 4. The second-order valence-corrected chi connectivity index (χ2v) is 4.57. The number of aromatic nitrogens is 3. The van der Waals surface area contributed by atoms with Crippen LogP contribution in [0, 0.1) is 13.8 Å². The second-order valence-electron chi connectivity index (χ2n) is 4.57. The van der Waals surface area contributed by atoms with Crippen molar-refractivity contribution < 1.29 is 0 Å². The van der Waals surface area contributed by atoms with E-state index in [0.717, 1.165) is 35.7 Å². The monoisotopic (exact) mass is 244 g/mol. The number of anilines is 1. The van der Waals surface area contributed by atoms with E-state index in [9.17, 15) is 0 Å². The molecule has 0 fully saturated rings. The van der Waals surface area contributed by atoms with Crippen LogP contribution in [-0.2, 0) is 20.0 Å². The molecule has 96 valence electrons. The van der Waals surface area contributed by atoms with Crippen LogP contribution in [0.15, 0.2) is 18.3 Å². The molecule has 0 aliphatic carbocycles. The smallest absolute Gasteiger partial charge is 0.0671 e. The van der Waals surface area contributed by atoms with Gasteiger partial charge in [-0.1, -0.05) is 6.92 Å². The van der Waals surface area contributed by atoms with Crippen molar-refractivity contribution in [2.45, 2.75) is 33.7 Å². The van der Waals surface area contributed by atoms with Crippen LogP contribution in [0.3, 0.4) is 0 Å². The lowest BCUT2D eigenvalue weighted by Crippen LogP contribution is -2.03. The molecule has 0 aliphatic rings. The Hall–Kier alpha value is -1.84. The van der Waals surface area contributed by atoms with Crippen molar-refractivity contribution in [3.05, 3.63) is 41.0 Å². The van der Waals surface area contributed by atoms with Gasteiger partial charge in [0.2, 0.25) is 0 Å². The van der Waals surface area contributed by atoms with E-state index < -0.39 is 0 Å². The van der Waals surface area contributed by atoms with Gasteiger partial charge < -0.3 is 5.32 Å². The van der Waals surface area contributed by atoms with E-state index in [2.05, 4.69) is 34.6 Å². The minimum absolute atomic E-state index is 0.794. The Kier molecular flexibility index (Phi) is 3.65. The standard InChI is InChI=1S/C14H20N4/c1-5-13-12(9-18(4)17-13)8-15-14-7-6-10(2)16-11(14)3/h6-7,9,15H,5,8H2,1-4H3. The van der Waals surface area contributed by atoms with E-state index in [0.29, 0.717) is 0 Å². The first kappa shape index (κ1) is 12.6. The summed E-state index contributed by atoms with van der Waals surface area (Å²) in [5, 5.41) is 7.87. The third-order valence-electron chi connectivity index (χ3n) is 3.02. The van der Waals surface area contributed by atoms with Gasteiger partial charge in [-0.25, -0.2) is 0 Å². The Bertz CT molecular complexity index is 543. The quantitative estimate of drug-likeness (QED) is 0.899. The summed E-state index contributed by atoms with van der Waals surface area (Å²) in [6.45, 7) is 6.96. The SMILES string of the molecule is CCc1nn(C)cc1CNc1ccc(C)nc1C. The molecule has 0 amide bonds. The summed E-state index contributed by atoms with van der Waals surface area (Å²) in [6.07, 6.45) is 3.03. The Morgan fingerprint density at radius 1 is 1.28 bits per heavy atom. The minimum Gasteiger partial charge on any atom is -0.379 e. The topological polar surface area (TPSA) is 42.7 Å². The molecule has 4 heteroatoms. The maximum absolute atomic E-state index is 4.45. The summed E-state index contributed by atoms with van der Waals surface area (Å²) in [6, 6.07) is 4.11. The molecule has 0 bridgehead atoms. The predicted molar refractivity (Wildman–Crippen MR) is 73.6 cm³/mol. The maximum atomic E-state index is 4.45. The Balaban J connectivity index is 2.11. The predicted octanol–water partition coefficient (Wildman–Crippen LogP) is 2.61. The highest BCUT2D eigenvalue weighted by Crippen LogP contribution is 2.15. The van der Waals surface area contributed by atoms with Crippen LogP contribution in [0.5, 0.6) is 0 Å². The van der Waals surface area contributed by atoms with Crippen LogP contribution in [0.2, 0.25) is 0 Å². The third kappa shape index (κ3) is 2.70. The summed E-state index contributed by atoms with van der Waals surface area (Å²) in [5.74, 6) is 0. The molecule has 18 heavy (non-hydrogen) atoms. The maximum Gasteiger partial charge on any atom is 0.0671 e. The van der Waals surface area contributed by atoms with Gasteiger partial charge in [0, 0.05) is 31.0 Å². The highest BCUT2D eigenvalue weighted by molar-refractivity contribution is 5.48. The van der Waals surface area contributed by atoms with Crippen molar-refractivity contribution in [1.82, 2.24) is 14.8 Å². The number of hydrogen-bond donors (Lipinski definition) is 1. The largest absolute Gasteiger partial charge is 0.379 e. The molecule has 0 unspecified atom stereocenters. The van der Waals surface area contributed by atoms with Crippen LogP contribution < -0.4 is 5.32 Å². The van der Waals surface area contributed by atoms with Gasteiger partial charge in [0.05, 0.1) is 17.1 Å². The number of nitrogens with zero attached hydrogens (tertiary/aromatic N) is 3. The molecule has 0 radical (unpaired) electrons. The van der Waals surface area contributed by atoms with Crippen LogP contribution in [0.1, 0.15) is 29.6 Å². The van der Waals surface area contributed by atoms with Crippen LogP contribution in [0.4, 0.5) is 5.69 Å². The van der Waals surface area contributed by atoms with Gasteiger partial charge in [-0.2, -0.15) is 5.10 Å². The Morgan fingerprint density at radius 2 is 2.06 bits per heavy atom. The fraction of sp³-hybridized carbons (Fsp3) is 0.429. The van der Waals surface area contributed by atoms with Gasteiger partial charge in [-0.05, 0) is 32.4 Å². The van der Waals surface area contributed by atoms with E-state index in [-0.39, 0.29) is 0 Å². The summed E-state index contributed by atoms with van der Waals surface area (Å²) in [4.78, 5) is 4.45. The van der Waals surface area contributed by atoms with Crippen LogP contribution >= 0.6 is 0 Å². The third-order valence-corrected chi connectivity index (χ3v) is 3.02. The van der Waals surface area contributed by atoms with Crippen LogP contribution in [0.25, 0.3) is 0 Å². The molecule has 0 aromatic carbocycles. The number of pyridine rings is 1. The van der Waals surface area contributed by atoms with E-state index in [1.54, 1.807) is 0 Å². The molecule has 2 heterocycles.